The molecule has 3 heterocycles. The number of hydrogen-bond donors (Lipinski definition) is 2. The average molecular weight is 440 g/mol. The largest absolute Gasteiger partial charge is 0.461 e. The number of nitrogen functional groups attached to an aromatic ring is 1. The highest BCUT2D eigenvalue weighted by molar-refractivity contribution is 5.83. The molecule has 0 saturated carbocycles. The predicted octanol–water partition coefficient (Wildman–Crippen LogP) is 5.55. The van der Waals surface area contributed by atoms with Gasteiger partial charge in [-0.2, -0.15) is 0 Å². The highest BCUT2D eigenvalue weighted by atomic mass is 19.1. The van der Waals surface area contributed by atoms with E-state index in [1.807, 2.05) is 44.2 Å². The van der Waals surface area contributed by atoms with Crippen molar-refractivity contribution in [2.45, 2.75) is 19.9 Å². The fourth-order valence-electron chi connectivity index (χ4n) is 3.76. The van der Waals surface area contributed by atoms with Crippen molar-refractivity contribution in [3.05, 3.63) is 84.4 Å². The maximum atomic E-state index is 14.4. The first-order chi connectivity index (χ1) is 16.0. The van der Waals surface area contributed by atoms with Crippen molar-refractivity contribution in [2.75, 3.05) is 11.1 Å². The first-order valence-electron chi connectivity index (χ1n) is 10.4. The smallest absolute Gasteiger partial charge is 0.219 e. The Balaban J connectivity index is 1.43. The van der Waals surface area contributed by atoms with Gasteiger partial charge in [0.25, 0.3) is 0 Å². The molecule has 0 saturated heterocycles. The van der Waals surface area contributed by atoms with Crippen molar-refractivity contribution in [2.24, 2.45) is 0 Å². The molecular weight excluding hydrogens is 419 g/mol. The van der Waals surface area contributed by atoms with E-state index in [9.17, 15) is 4.39 Å². The maximum Gasteiger partial charge on any atom is 0.219 e. The van der Waals surface area contributed by atoms with Crippen LogP contribution in [0.1, 0.15) is 24.4 Å². The molecule has 164 valence electrons. The number of aryl methyl sites for hydroxylation is 1. The molecule has 1 unspecified atom stereocenters. The quantitative estimate of drug-likeness (QED) is 0.369. The van der Waals surface area contributed by atoms with E-state index < -0.39 is 5.82 Å². The summed E-state index contributed by atoms with van der Waals surface area (Å²) in [6, 6.07) is 14.9. The molecule has 7 nitrogen and oxygen atoms in total. The van der Waals surface area contributed by atoms with Crippen LogP contribution in [-0.2, 0) is 0 Å². The van der Waals surface area contributed by atoms with Crippen molar-refractivity contribution in [1.82, 2.24) is 19.9 Å². The van der Waals surface area contributed by atoms with E-state index >= 15 is 0 Å². The Morgan fingerprint density at radius 3 is 2.61 bits per heavy atom. The molecule has 0 amide bonds. The molecule has 2 aromatic carbocycles. The normalized spacial score (nSPS) is 12.1. The van der Waals surface area contributed by atoms with Crippen molar-refractivity contribution in [3.8, 4) is 22.4 Å². The van der Waals surface area contributed by atoms with Gasteiger partial charge in [0.1, 0.15) is 11.6 Å². The summed E-state index contributed by atoms with van der Waals surface area (Å²) in [4.78, 5) is 17.2. The lowest BCUT2D eigenvalue weighted by molar-refractivity contribution is 0.560. The molecule has 3 aromatic heterocycles. The number of halogens is 1. The molecule has 33 heavy (non-hydrogen) atoms. The van der Waals surface area contributed by atoms with Crippen molar-refractivity contribution < 1.29 is 8.81 Å². The van der Waals surface area contributed by atoms with Crippen molar-refractivity contribution >= 4 is 22.7 Å². The summed E-state index contributed by atoms with van der Waals surface area (Å²) in [5.41, 5.74) is 10.1. The fourth-order valence-corrected chi connectivity index (χ4v) is 3.76. The summed E-state index contributed by atoms with van der Waals surface area (Å²) in [6.07, 6.45) is 4.88. The van der Waals surface area contributed by atoms with Crippen molar-refractivity contribution in [3.63, 3.8) is 0 Å². The van der Waals surface area contributed by atoms with Gasteiger partial charge in [0.2, 0.25) is 5.95 Å². The number of fused-ring (bicyclic) bond motifs is 1. The van der Waals surface area contributed by atoms with Gasteiger partial charge in [-0.05, 0) is 49.2 Å². The summed E-state index contributed by atoms with van der Waals surface area (Å²) in [5, 5.41) is 4.12. The molecule has 0 aliphatic rings. The molecule has 0 fully saturated rings. The lowest BCUT2D eigenvalue weighted by Gasteiger charge is -2.17. The SMILES string of the molecule is Cc1nc(NC(C)c2cccc(-c3cnc(N)nc3)c2)cc(-c2cc(F)c3occc3c2)n1. The number of hydrogen-bond acceptors (Lipinski definition) is 7. The first kappa shape index (κ1) is 20.6. The van der Waals surface area contributed by atoms with Crippen LogP contribution in [0.15, 0.2) is 71.6 Å². The third-order valence-electron chi connectivity index (χ3n) is 5.40. The molecule has 3 N–H and O–H groups in total. The zero-order valence-corrected chi connectivity index (χ0v) is 18.1. The van der Waals surface area contributed by atoms with Crippen LogP contribution in [0, 0.1) is 12.7 Å². The van der Waals surface area contributed by atoms with Gasteiger partial charge in [0.15, 0.2) is 11.4 Å². The number of anilines is 2. The minimum Gasteiger partial charge on any atom is -0.461 e. The first-order valence-corrected chi connectivity index (χ1v) is 10.4. The number of nitrogens with one attached hydrogen (secondary N) is 1. The zero-order valence-electron chi connectivity index (χ0n) is 18.1. The molecular formula is C25H21FN6O. The van der Waals surface area contributed by atoms with E-state index in [2.05, 4.69) is 31.3 Å². The second kappa shape index (κ2) is 8.31. The minimum absolute atomic E-state index is 0.0464. The lowest BCUT2D eigenvalue weighted by atomic mass is 10.0. The highest BCUT2D eigenvalue weighted by Gasteiger charge is 2.13. The van der Waals surface area contributed by atoms with Crippen LogP contribution in [0.25, 0.3) is 33.4 Å². The summed E-state index contributed by atoms with van der Waals surface area (Å²) >= 11 is 0. The van der Waals surface area contributed by atoms with Crippen LogP contribution in [-0.4, -0.2) is 19.9 Å². The van der Waals surface area contributed by atoms with Gasteiger partial charge in [-0.15, -0.1) is 0 Å². The predicted molar refractivity (Wildman–Crippen MR) is 126 cm³/mol. The van der Waals surface area contributed by atoms with Crippen LogP contribution in [0.3, 0.4) is 0 Å². The minimum atomic E-state index is -0.421. The Labute approximate surface area is 189 Å². The molecule has 0 aliphatic carbocycles. The van der Waals surface area contributed by atoms with E-state index in [-0.39, 0.29) is 17.6 Å². The molecule has 1 atom stereocenters. The molecule has 5 rings (SSSR count). The van der Waals surface area contributed by atoms with Gasteiger partial charge < -0.3 is 15.5 Å². The summed E-state index contributed by atoms with van der Waals surface area (Å²) < 4.78 is 19.6. The second-order valence-corrected chi connectivity index (χ2v) is 7.80. The number of benzene rings is 2. The Bertz CT molecular complexity index is 1450. The van der Waals surface area contributed by atoms with Gasteiger partial charge in [0.05, 0.1) is 12.0 Å². The third kappa shape index (κ3) is 4.23. The summed E-state index contributed by atoms with van der Waals surface area (Å²) in [5.74, 6) is 1.06. The highest BCUT2D eigenvalue weighted by Crippen LogP contribution is 2.29. The molecule has 0 aliphatic heterocycles. The van der Waals surface area contributed by atoms with Gasteiger partial charge >= 0.3 is 0 Å². The molecule has 5 aromatic rings. The average Bonchev–Trinajstić information content (AvgIpc) is 3.29. The van der Waals surface area contributed by atoms with Gasteiger partial charge in [-0.25, -0.2) is 24.3 Å². The van der Waals surface area contributed by atoms with E-state index in [0.29, 0.717) is 28.3 Å². The van der Waals surface area contributed by atoms with E-state index in [0.717, 1.165) is 16.7 Å². The van der Waals surface area contributed by atoms with Crippen molar-refractivity contribution in [1.29, 1.82) is 0 Å². The molecule has 0 spiro atoms. The molecule has 0 bridgehead atoms. The van der Waals surface area contributed by atoms with E-state index in [1.54, 1.807) is 18.5 Å². The summed E-state index contributed by atoms with van der Waals surface area (Å²) in [7, 11) is 0. The Morgan fingerprint density at radius 1 is 0.970 bits per heavy atom. The van der Waals surface area contributed by atoms with Crippen LogP contribution in [0.4, 0.5) is 16.2 Å². The van der Waals surface area contributed by atoms with Crippen LogP contribution < -0.4 is 11.1 Å². The third-order valence-corrected chi connectivity index (χ3v) is 5.40. The standard InChI is InChI=1S/C25H21FN6O/c1-14(16-4-3-5-17(8-16)20-12-28-25(27)29-13-20)30-23-11-22(31-15(2)32-23)19-9-18-6-7-33-24(18)21(26)10-19/h3-14H,1-2H3,(H2,27,28,29)(H,30,31,32). The molecule has 8 heteroatoms. The van der Waals surface area contributed by atoms with Gasteiger partial charge in [-0.1, -0.05) is 18.2 Å². The number of nitrogens with zero attached hydrogens (tertiary/aromatic N) is 4. The van der Waals surface area contributed by atoms with Crippen LogP contribution in [0.2, 0.25) is 0 Å². The lowest BCUT2D eigenvalue weighted by Crippen LogP contribution is -2.09. The van der Waals surface area contributed by atoms with E-state index in [1.165, 1.54) is 12.3 Å². The molecule has 0 radical (unpaired) electrons. The maximum absolute atomic E-state index is 14.4. The van der Waals surface area contributed by atoms with Gasteiger partial charge in [-0.3, -0.25) is 0 Å². The number of nitrogens with two attached hydrogens (primary N) is 1. The topological polar surface area (TPSA) is 103 Å². The summed E-state index contributed by atoms with van der Waals surface area (Å²) in [6.45, 7) is 3.86. The zero-order chi connectivity index (χ0) is 22.9. The Hall–Kier alpha value is -4.33. The number of furan rings is 1. The fraction of sp³-hybridized carbons (Fsp3) is 0.120. The monoisotopic (exact) mass is 440 g/mol. The van der Waals surface area contributed by atoms with Crippen LogP contribution in [0.5, 0.6) is 0 Å². The van der Waals surface area contributed by atoms with Crippen LogP contribution >= 0.6 is 0 Å². The number of aromatic nitrogens is 4. The Morgan fingerprint density at radius 2 is 1.79 bits per heavy atom. The van der Waals surface area contributed by atoms with E-state index in [4.69, 9.17) is 10.2 Å². The van der Waals surface area contributed by atoms with Gasteiger partial charge in [0, 0.05) is 41.0 Å². The Kier molecular flexibility index (Phi) is 5.18. The second-order valence-electron chi connectivity index (χ2n) is 7.80. The number of rotatable bonds is 5.